The van der Waals surface area contributed by atoms with Crippen molar-refractivity contribution in [1.82, 2.24) is 14.8 Å². The van der Waals surface area contributed by atoms with E-state index in [9.17, 15) is 9.59 Å². The highest BCUT2D eigenvalue weighted by molar-refractivity contribution is 5.96. The molecule has 0 atom stereocenters. The molecule has 0 unspecified atom stereocenters. The van der Waals surface area contributed by atoms with Gasteiger partial charge < -0.3 is 20.5 Å². The number of carbonyl (C=O) groups is 2. The first-order valence-corrected chi connectivity index (χ1v) is 6.52. The Hall–Kier alpha value is -1.98. The van der Waals surface area contributed by atoms with Gasteiger partial charge in [-0.2, -0.15) is 0 Å². The first-order chi connectivity index (χ1) is 8.99. The van der Waals surface area contributed by atoms with Crippen LogP contribution in [0.15, 0.2) is 12.3 Å². The number of nitrogens with two attached hydrogens (primary N) is 1. The summed E-state index contributed by atoms with van der Waals surface area (Å²) in [5.74, 6) is -0.246. The molecule has 6 heteroatoms. The summed E-state index contributed by atoms with van der Waals surface area (Å²) in [6.07, 6.45) is 2.53. The topological polar surface area (TPSA) is 80.4 Å². The van der Waals surface area contributed by atoms with E-state index in [1.54, 1.807) is 17.2 Å². The van der Waals surface area contributed by atoms with Crippen molar-refractivity contribution >= 4 is 17.5 Å². The molecule has 0 saturated carbocycles. The Morgan fingerprint density at radius 2 is 2.21 bits per heavy atom. The van der Waals surface area contributed by atoms with Gasteiger partial charge in [-0.1, -0.05) is 0 Å². The SMILES string of the molecule is CC(C)n1cc(N)cc1C(=O)N1CCCNC(=O)C1. The van der Waals surface area contributed by atoms with Gasteiger partial charge in [0.05, 0.1) is 12.2 Å². The molecule has 2 rings (SSSR count). The van der Waals surface area contributed by atoms with E-state index in [1.165, 1.54) is 0 Å². The van der Waals surface area contributed by atoms with Crippen LogP contribution in [0.3, 0.4) is 0 Å². The second-order valence-electron chi connectivity index (χ2n) is 5.09. The molecule has 3 N–H and O–H groups in total. The van der Waals surface area contributed by atoms with E-state index >= 15 is 0 Å². The number of nitrogens with one attached hydrogen (secondary N) is 1. The number of nitrogen functional groups attached to an aromatic ring is 1. The molecular formula is C13H20N4O2. The molecule has 1 fully saturated rings. The van der Waals surface area contributed by atoms with E-state index in [0.29, 0.717) is 24.5 Å². The van der Waals surface area contributed by atoms with Crippen LogP contribution in [0, 0.1) is 0 Å². The van der Waals surface area contributed by atoms with Gasteiger partial charge in [-0.3, -0.25) is 9.59 Å². The lowest BCUT2D eigenvalue weighted by molar-refractivity contribution is -0.121. The largest absolute Gasteiger partial charge is 0.397 e. The molecule has 1 aromatic heterocycles. The number of hydrogen-bond donors (Lipinski definition) is 2. The summed E-state index contributed by atoms with van der Waals surface area (Å²) < 4.78 is 1.85. The zero-order valence-electron chi connectivity index (χ0n) is 11.3. The van der Waals surface area contributed by atoms with Gasteiger partial charge in [-0.05, 0) is 26.3 Å². The van der Waals surface area contributed by atoms with Gasteiger partial charge in [0.15, 0.2) is 0 Å². The fourth-order valence-corrected chi connectivity index (χ4v) is 2.24. The number of aromatic nitrogens is 1. The molecule has 0 radical (unpaired) electrons. The molecule has 0 aliphatic carbocycles. The highest BCUT2D eigenvalue weighted by Gasteiger charge is 2.24. The van der Waals surface area contributed by atoms with Crippen molar-refractivity contribution in [2.75, 3.05) is 25.4 Å². The Bertz CT molecular complexity index is 493. The molecule has 0 bridgehead atoms. The molecule has 1 aliphatic heterocycles. The van der Waals surface area contributed by atoms with Gasteiger partial charge in [-0.25, -0.2) is 0 Å². The van der Waals surface area contributed by atoms with E-state index in [1.807, 2.05) is 18.4 Å². The van der Waals surface area contributed by atoms with Crippen LogP contribution >= 0.6 is 0 Å². The van der Waals surface area contributed by atoms with Crippen LogP contribution in [-0.4, -0.2) is 40.9 Å². The number of anilines is 1. The first kappa shape index (κ1) is 13.5. The predicted octanol–water partition coefficient (Wildman–Crippen LogP) is 0.613. The van der Waals surface area contributed by atoms with E-state index in [4.69, 9.17) is 5.73 Å². The van der Waals surface area contributed by atoms with Gasteiger partial charge in [0.2, 0.25) is 5.91 Å². The zero-order valence-corrected chi connectivity index (χ0v) is 11.3. The van der Waals surface area contributed by atoms with Gasteiger partial charge in [0, 0.05) is 25.3 Å². The maximum absolute atomic E-state index is 12.5. The van der Waals surface area contributed by atoms with Crippen LogP contribution in [0.1, 0.15) is 36.8 Å². The van der Waals surface area contributed by atoms with Crippen molar-refractivity contribution in [3.63, 3.8) is 0 Å². The molecule has 0 aromatic carbocycles. The quantitative estimate of drug-likeness (QED) is 0.821. The Morgan fingerprint density at radius 1 is 1.47 bits per heavy atom. The van der Waals surface area contributed by atoms with Crippen LogP contribution in [0.2, 0.25) is 0 Å². The average molecular weight is 264 g/mol. The number of nitrogens with zero attached hydrogens (tertiary/aromatic N) is 2. The van der Waals surface area contributed by atoms with Crippen LogP contribution < -0.4 is 11.1 Å². The summed E-state index contributed by atoms with van der Waals surface area (Å²) in [5.41, 5.74) is 6.88. The molecule has 1 saturated heterocycles. The number of hydrogen-bond acceptors (Lipinski definition) is 3. The minimum atomic E-state index is -0.137. The summed E-state index contributed by atoms with van der Waals surface area (Å²) in [7, 11) is 0. The summed E-state index contributed by atoms with van der Waals surface area (Å²) in [6, 6.07) is 1.82. The van der Waals surface area contributed by atoms with Crippen molar-refractivity contribution in [2.45, 2.75) is 26.3 Å². The van der Waals surface area contributed by atoms with Gasteiger partial charge in [-0.15, -0.1) is 0 Å². The van der Waals surface area contributed by atoms with E-state index in [0.717, 1.165) is 6.42 Å². The molecule has 0 spiro atoms. The van der Waals surface area contributed by atoms with E-state index in [-0.39, 0.29) is 24.4 Å². The minimum absolute atomic E-state index is 0.110. The molecule has 19 heavy (non-hydrogen) atoms. The Labute approximate surface area is 112 Å². The van der Waals surface area contributed by atoms with Crippen molar-refractivity contribution in [3.05, 3.63) is 18.0 Å². The summed E-state index contributed by atoms with van der Waals surface area (Å²) in [4.78, 5) is 25.6. The summed E-state index contributed by atoms with van der Waals surface area (Å²) in [6.45, 7) is 5.30. The molecule has 6 nitrogen and oxygen atoms in total. The molecule has 2 amide bonds. The lowest BCUT2D eigenvalue weighted by atomic mass is 10.3. The number of amides is 2. The molecule has 1 aliphatic rings. The van der Waals surface area contributed by atoms with Gasteiger partial charge in [0.25, 0.3) is 5.91 Å². The van der Waals surface area contributed by atoms with Crippen LogP contribution in [0.4, 0.5) is 5.69 Å². The fourth-order valence-electron chi connectivity index (χ4n) is 2.24. The third-order valence-electron chi connectivity index (χ3n) is 3.19. The monoisotopic (exact) mass is 264 g/mol. The molecular weight excluding hydrogens is 244 g/mol. The highest BCUT2D eigenvalue weighted by Crippen LogP contribution is 2.18. The normalized spacial score (nSPS) is 16.4. The van der Waals surface area contributed by atoms with E-state index in [2.05, 4.69) is 5.32 Å². The average Bonchev–Trinajstić information content (AvgIpc) is 2.61. The van der Waals surface area contributed by atoms with Crippen LogP contribution in [0.5, 0.6) is 0 Å². The fraction of sp³-hybridized carbons (Fsp3) is 0.538. The Kier molecular flexibility index (Phi) is 3.78. The maximum atomic E-state index is 12.5. The maximum Gasteiger partial charge on any atom is 0.271 e. The Morgan fingerprint density at radius 3 is 2.89 bits per heavy atom. The van der Waals surface area contributed by atoms with Crippen LogP contribution in [0.25, 0.3) is 0 Å². The Balaban J connectivity index is 2.25. The second-order valence-corrected chi connectivity index (χ2v) is 5.09. The lowest BCUT2D eigenvalue weighted by Gasteiger charge is -2.21. The van der Waals surface area contributed by atoms with Gasteiger partial charge >= 0.3 is 0 Å². The molecule has 1 aromatic rings. The van der Waals surface area contributed by atoms with Crippen molar-refractivity contribution in [1.29, 1.82) is 0 Å². The van der Waals surface area contributed by atoms with Crippen molar-refractivity contribution < 1.29 is 9.59 Å². The second kappa shape index (κ2) is 5.34. The predicted molar refractivity (Wildman–Crippen MR) is 72.8 cm³/mol. The van der Waals surface area contributed by atoms with Crippen molar-refractivity contribution in [3.8, 4) is 0 Å². The third kappa shape index (κ3) is 2.89. The zero-order chi connectivity index (χ0) is 14.0. The lowest BCUT2D eigenvalue weighted by Crippen LogP contribution is -2.38. The summed E-state index contributed by atoms with van der Waals surface area (Å²) in [5, 5.41) is 2.76. The highest BCUT2D eigenvalue weighted by atomic mass is 16.2. The van der Waals surface area contributed by atoms with Gasteiger partial charge in [0.1, 0.15) is 5.69 Å². The smallest absolute Gasteiger partial charge is 0.271 e. The summed E-state index contributed by atoms with van der Waals surface area (Å²) >= 11 is 0. The molecule has 104 valence electrons. The minimum Gasteiger partial charge on any atom is -0.397 e. The number of rotatable bonds is 2. The number of carbonyl (C=O) groups excluding carboxylic acids is 2. The molecule has 2 heterocycles. The first-order valence-electron chi connectivity index (χ1n) is 6.52. The standard InChI is InChI=1S/C13H20N4O2/c1-9(2)17-7-10(14)6-11(17)13(19)16-5-3-4-15-12(18)8-16/h6-7,9H,3-5,8,14H2,1-2H3,(H,15,18). The van der Waals surface area contributed by atoms with Crippen molar-refractivity contribution in [2.24, 2.45) is 0 Å². The van der Waals surface area contributed by atoms with Crippen LogP contribution in [-0.2, 0) is 4.79 Å². The van der Waals surface area contributed by atoms with E-state index < -0.39 is 0 Å². The third-order valence-corrected chi connectivity index (χ3v) is 3.19.